The Morgan fingerprint density at radius 2 is 1.83 bits per heavy atom. The van der Waals surface area contributed by atoms with Crippen molar-refractivity contribution >= 4 is 11.6 Å². The van der Waals surface area contributed by atoms with Crippen molar-refractivity contribution in [2.24, 2.45) is 5.92 Å². The number of hydrogen-bond donors (Lipinski definition) is 1. The predicted molar refractivity (Wildman–Crippen MR) is 111 cm³/mol. The molecule has 4 rings (SSSR count). The summed E-state index contributed by atoms with van der Waals surface area (Å²) in [7, 11) is 0. The Balaban J connectivity index is 1.42. The number of piperidine rings is 1. The van der Waals surface area contributed by atoms with Crippen molar-refractivity contribution in [1.82, 2.24) is 14.9 Å². The number of carbonyl (C=O) groups excluding carboxylic acids is 1. The zero-order valence-corrected chi connectivity index (χ0v) is 17.2. The van der Waals surface area contributed by atoms with Gasteiger partial charge in [-0.15, -0.1) is 0 Å². The standard InChI is InChI=1S/C23H29FN4O/c1-15-21(12-22(29)27-20-9-7-19(24)8-10-20)16(2)26-23(25-15)18-4-3-11-28(14-18)13-17-5-6-17/h7-10,17-18H,3-6,11-14H2,1-2H3,(H,27,29)/t18-/m0/s1. The highest BCUT2D eigenvalue weighted by atomic mass is 19.1. The number of amides is 1. The number of nitrogens with one attached hydrogen (secondary N) is 1. The van der Waals surface area contributed by atoms with Gasteiger partial charge in [-0.05, 0) is 76.3 Å². The largest absolute Gasteiger partial charge is 0.326 e. The third kappa shape index (κ3) is 5.18. The smallest absolute Gasteiger partial charge is 0.228 e. The van der Waals surface area contributed by atoms with Crippen LogP contribution >= 0.6 is 0 Å². The molecule has 2 heterocycles. The Labute approximate surface area is 171 Å². The molecule has 2 aromatic rings. The Hall–Kier alpha value is -2.34. The van der Waals surface area contributed by atoms with E-state index in [1.807, 2.05) is 13.8 Å². The van der Waals surface area contributed by atoms with Crippen LogP contribution in [0.1, 0.15) is 54.4 Å². The molecular formula is C23H29FN4O. The second-order valence-electron chi connectivity index (χ2n) is 8.51. The molecule has 1 saturated heterocycles. The van der Waals surface area contributed by atoms with Gasteiger partial charge in [-0.25, -0.2) is 14.4 Å². The van der Waals surface area contributed by atoms with E-state index in [9.17, 15) is 9.18 Å². The van der Waals surface area contributed by atoms with Crippen LogP contribution in [0.3, 0.4) is 0 Å². The second kappa shape index (κ2) is 8.57. The summed E-state index contributed by atoms with van der Waals surface area (Å²) in [6.07, 6.45) is 5.30. The zero-order chi connectivity index (χ0) is 20.4. The molecule has 6 heteroatoms. The number of aromatic nitrogens is 2. The lowest BCUT2D eigenvalue weighted by atomic mass is 9.96. The maximum Gasteiger partial charge on any atom is 0.228 e. The topological polar surface area (TPSA) is 58.1 Å². The van der Waals surface area contributed by atoms with Crippen LogP contribution in [0.25, 0.3) is 0 Å². The van der Waals surface area contributed by atoms with Crippen LogP contribution in [-0.4, -0.2) is 40.4 Å². The summed E-state index contributed by atoms with van der Waals surface area (Å²) in [5, 5.41) is 2.81. The van der Waals surface area contributed by atoms with Crippen molar-refractivity contribution < 1.29 is 9.18 Å². The third-order valence-corrected chi connectivity index (χ3v) is 5.99. The summed E-state index contributed by atoms with van der Waals surface area (Å²) in [6.45, 7) is 7.37. The first-order valence-electron chi connectivity index (χ1n) is 10.6. The van der Waals surface area contributed by atoms with Crippen LogP contribution in [0.2, 0.25) is 0 Å². The van der Waals surface area contributed by atoms with Gasteiger partial charge in [0.25, 0.3) is 0 Å². The number of halogens is 1. The number of hydrogen-bond acceptors (Lipinski definition) is 4. The van der Waals surface area contributed by atoms with Gasteiger partial charge >= 0.3 is 0 Å². The Kier molecular flexibility index (Phi) is 5.90. The van der Waals surface area contributed by atoms with E-state index >= 15 is 0 Å². The van der Waals surface area contributed by atoms with Crippen LogP contribution in [0.15, 0.2) is 24.3 Å². The van der Waals surface area contributed by atoms with E-state index in [0.29, 0.717) is 11.6 Å². The number of nitrogens with zero attached hydrogens (tertiary/aromatic N) is 3. The maximum absolute atomic E-state index is 13.0. The van der Waals surface area contributed by atoms with Crippen molar-refractivity contribution in [3.8, 4) is 0 Å². The minimum Gasteiger partial charge on any atom is -0.326 e. The van der Waals surface area contributed by atoms with Crippen molar-refractivity contribution in [2.75, 3.05) is 25.0 Å². The minimum atomic E-state index is -0.322. The monoisotopic (exact) mass is 396 g/mol. The Bertz CT molecular complexity index is 856. The average Bonchev–Trinajstić information content (AvgIpc) is 3.50. The highest BCUT2D eigenvalue weighted by molar-refractivity contribution is 5.92. The minimum absolute atomic E-state index is 0.146. The molecule has 29 heavy (non-hydrogen) atoms. The first-order chi connectivity index (χ1) is 14.0. The van der Waals surface area contributed by atoms with E-state index < -0.39 is 0 Å². The lowest BCUT2D eigenvalue weighted by Gasteiger charge is -2.32. The van der Waals surface area contributed by atoms with E-state index in [2.05, 4.69) is 10.2 Å². The zero-order valence-electron chi connectivity index (χ0n) is 17.2. The van der Waals surface area contributed by atoms with Crippen LogP contribution in [0, 0.1) is 25.6 Å². The number of carbonyl (C=O) groups is 1. The van der Waals surface area contributed by atoms with Gasteiger partial charge in [0.05, 0.1) is 6.42 Å². The van der Waals surface area contributed by atoms with Crippen molar-refractivity contribution in [1.29, 1.82) is 0 Å². The Morgan fingerprint density at radius 1 is 1.14 bits per heavy atom. The third-order valence-electron chi connectivity index (χ3n) is 5.99. The number of rotatable bonds is 6. The molecular weight excluding hydrogens is 367 g/mol. The molecule has 0 radical (unpaired) electrons. The van der Waals surface area contributed by atoms with Crippen LogP contribution < -0.4 is 5.32 Å². The predicted octanol–water partition coefficient (Wildman–Crippen LogP) is 4.00. The number of anilines is 1. The fourth-order valence-corrected chi connectivity index (χ4v) is 4.20. The first kappa shape index (κ1) is 20.0. The molecule has 1 N–H and O–H groups in total. The number of benzene rings is 1. The van der Waals surface area contributed by atoms with Crippen LogP contribution in [-0.2, 0) is 11.2 Å². The van der Waals surface area contributed by atoms with Gasteiger partial charge in [0.15, 0.2) is 0 Å². The first-order valence-corrected chi connectivity index (χ1v) is 10.6. The SMILES string of the molecule is Cc1nc([C@H]2CCCN(CC3CC3)C2)nc(C)c1CC(=O)Nc1ccc(F)cc1. The van der Waals surface area contributed by atoms with Crippen molar-refractivity contribution in [3.63, 3.8) is 0 Å². The summed E-state index contributed by atoms with van der Waals surface area (Å²) >= 11 is 0. The van der Waals surface area contributed by atoms with Gasteiger partial charge < -0.3 is 10.2 Å². The number of aryl methyl sites for hydroxylation is 2. The summed E-state index contributed by atoms with van der Waals surface area (Å²) in [6, 6.07) is 5.79. The molecule has 0 bridgehead atoms. The molecule has 0 unspecified atom stereocenters. The normalized spacial score (nSPS) is 19.9. The van der Waals surface area contributed by atoms with Gasteiger partial charge in [-0.1, -0.05) is 0 Å². The summed E-state index contributed by atoms with van der Waals surface area (Å²) in [4.78, 5) is 24.6. The van der Waals surface area contributed by atoms with Crippen LogP contribution in [0.4, 0.5) is 10.1 Å². The lowest BCUT2D eigenvalue weighted by molar-refractivity contribution is -0.115. The molecule has 2 fully saturated rings. The molecule has 1 aliphatic heterocycles. The van der Waals surface area contributed by atoms with E-state index in [0.717, 1.165) is 41.7 Å². The highest BCUT2D eigenvalue weighted by Crippen LogP contribution is 2.33. The maximum atomic E-state index is 13.0. The fourth-order valence-electron chi connectivity index (χ4n) is 4.20. The number of likely N-dealkylation sites (tertiary alicyclic amines) is 1. The highest BCUT2D eigenvalue weighted by Gasteiger charge is 2.29. The van der Waals surface area contributed by atoms with E-state index in [1.54, 1.807) is 12.1 Å². The van der Waals surface area contributed by atoms with Gasteiger partial charge in [0.1, 0.15) is 11.6 Å². The molecule has 1 aliphatic carbocycles. The second-order valence-corrected chi connectivity index (χ2v) is 8.51. The van der Waals surface area contributed by atoms with Gasteiger partial charge in [-0.3, -0.25) is 4.79 Å². The fraction of sp³-hybridized carbons (Fsp3) is 0.522. The molecule has 154 valence electrons. The summed E-state index contributed by atoms with van der Waals surface area (Å²) in [5.41, 5.74) is 3.21. The molecule has 1 aromatic heterocycles. The van der Waals surface area contributed by atoms with E-state index in [-0.39, 0.29) is 18.1 Å². The van der Waals surface area contributed by atoms with Gasteiger partial charge in [0.2, 0.25) is 5.91 Å². The molecule has 2 aliphatic rings. The van der Waals surface area contributed by atoms with Gasteiger partial charge in [-0.2, -0.15) is 0 Å². The molecule has 1 atom stereocenters. The van der Waals surface area contributed by atoms with Gasteiger partial charge in [0, 0.05) is 41.6 Å². The molecule has 1 aromatic carbocycles. The van der Waals surface area contributed by atoms with Crippen molar-refractivity contribution in [3.05, 3.63) is 52.9 Å². The molecule has 0 spiro atoms. The average molecular weight is 397 g/mol. The molecule has 1 saturated carbocycles. The molecule has 1 amide bonds. The molecule has 5 nitrogen and oxygen atoms in total. The van der Waals surface area contributed by atoms with E-state index in [1.165, 1.54) is 44.5 Å². The Morgan fingerprint density at radius 3 is 2.48 bits per heavy atom. The van der Waals surface area contributed by atoms with Crippen LogP contribution in [0.5, 0.6) is 0 Å². The lowest BCUT2D eigenvalue weighted by Crippen LogP contribution is -2.36. The summed E-state index contributed by atoms with van der Waals surface area (Å²) in [5.74, 6) is 1.73. The quantitative estimate of drug-likeness (QED) is 0.802. The summed E-state index contributed by atoms with van der Waals surface area (Å²) < 4.78 is 13.0. The van der Waals surface area contributed by atoms with Crippen molar-refractivity contribution in [2.45, 2.75) is 51.9 Å². The van der Waals surface area contributed by atoms with E-state index in [4.69, 9.17) is 9.97 Å².